The molecule has 0 unspecified atom stereocenters. The van der Waals surface area contributed by atoms with Crippen LogP contribution in [0.1, 0.15) is 19.3 Å². The zero-order valence-corrected chi connectivity index (χ0v) is 11.7. The van der Waals surface area contributed by atoms with Crippen molar-refractivity contribution in [2.75, 3.05) is 33.3 Å². The molecule has 1 N–H and O–H groups in total. The molecule has 1 rings (SSSR count). The number of nitrogens with zero attached hydrogens (tertiary/aromatic N) is 2. The smallest absolute Gasteiger partial charge is 0.390 e. The van der Waals surface area contributed by atoms with E-state index in [1.54, 1.807) is 0 Å². The first kappa shape index (κ1) is 17.5. The summed E-state index contributed by atoms with van der Waals surface area (Å²) in [5.41, 5.74) is 0. The highest BCUT2D eigenvalue weighted by Gasteiger charge is 2.30. The van der Waals surface area contributed by atoms with Gasteiger partial charge in [-0.15, -0.1) is 0 Å². The molecule has 0 atom stereocenters. The van der Waals surface area contributed by atoms with E-state index in [0.717, 1.165) is 4.90 Å². The number of carboxylic acids is 1. The maximum absolute atomic E-state index is 12.1. The zero-order chi connectivity index (χ0) is 16.0. The van der Waals surface area contributed by atoms with Crippen LogP contribution in [0.3, 0.4) is 0 Å². The third-order valence-electron chi connectivity index (χ3n) is 3.21. The summed E-state index contributed by atoms with van der Waals surface area (Å²) in [6, 6.07) is -0.448. The van der Waals surface area contributed by atoms with Gasteiger partial charge in [-0.2, -0.15) is 13.2 Å². The van der Waals surface area contributed by atoms with Gasteiger partial charge >= 0.3 is 18.2 Å². The van der Waals surface area contributed by atoms with Gasteiger partial charge < -0.3 is 19.6 Å². The molecule has 0 aromatic rings. The summed E-state index contributed by atoms with van der Waals surface area (Å²) in [6.07, 6.45) is -4.59. The van der Waals surface area contributed by atoms with Crippen LogP contribution in [0, 0.1) is 0 Å². The normalized spacial score (nSPS) is 16.9. The molecule has 9 heteroatoms. The number of alkyl halides is 3. The molecule has 0 aromatic heterocycles. The van der Waals surface area contributed by atoms with Crippen molar-refractivity contribution in [3.05, 3.63) is 0 Å². The summed E-state index contributed by atoms with van der Waals surface area (Å²) < 4.78 is 41.4. The molecule has 1 heterocycles. The molecule has 0 saturated carbocycles. The van der Waals surface area contributed by atoms with Crippen molar-refractivity contribution in [3.8, 4) is 0 Å². The Hall–Kier alpha value is -1.51. The second-order valence-electron chi connectivity index (χ2n) is 4.96. The summed E-state index contributed by atoms with van der Waals surface area (Å²) >= 11 is 0. The molecule has 0 spiro atoms. The van der Waals surface area contributed by atoms with Crippen LogP contribution in [0.5, 0.6) is 0 Å². The number of amides is 2. The van der Waals surface area contributed by atoms with Gasteiger partial charge in [0.15, 0.2) is 0 Å². The third-order valence-corrected chi connectivity index (χ3v) is 3.21. The standard InChI is InChI=1S/C12H19F3N2O4/c1-16(7-4-12(13,14)15)11(20)17-5-2-9(3-6-17)21-8-10(18)19/h9H,2-8H2,1H3,(H,18,19). The van der Waals surface area contributed by atoms with Crippen molar-refractivity contribution in [1.82, 2.24) is 9.80 Å². The zero-order valence-electron chi connectivity index (χ0n) is 11.7. The fraction of sp³-hybridized carbons (Fsp3) is 0.833. The average Bonchev–Trinajstić information content (AvgIpc) is 2.41. The van der Waals surface area contributed by atoms with Gasteiger partial charge in [-0.3, -0.25) is 0 Å². The summed E-state index contributed by atoms with van der Waals surface area (Å²) in [4.78, 5) is 24.8. The van der Waals surface area contributed by atoms with Crippen LogP contribution < -0.4 is 0 Å². The first-order valence-electron chi connectivity index (χ1n) is 6.59. The van der Waals surface area contributed by atoms with Crippen LogP contribution in [0.15, 0.2) is 0 Å². The Labute approximate surface area is 120 Å². The number of piperidine rings is 1. The fourth-order valence-electron chi connectivity index (χ4n) is 2.03. The molecule has 21 heavy (non-hydrogen) atoms. The van der Waals surface area contributed by atoms with Gasteiger partial charge in [0.1, 0.15) is 6.61 Å². The molecule has 1 aliphatic rings. The number of hydrogen-bond acceptors (Lipinski definition) is 3. The number of hydrogen-bond donors (Lipinski definition) is 1. The maximum atomic E-state index is 12.1. The number of rotatable bonds is 5. The highest BCUT2D eigenvalue weighted by Crippen LogP contribution is 2.20. The van der Waals surface area contributed by atoms with Crippen molar-refractivity contribution < 1.29 is 32.6 Å². The van der Waals surface area contributed by atoms with E-state index in [9.17, 15) is 22.8 Å². The fourth-order valence-corrected chi connectivity index (χ4v) is 2.03. The first-order valence-corrected chi connectivity index (χ1v) is 6.59. The van der Waals surface area contributed by atoms with Crippen molar-refractivity contribution in [2.24, 2.45) is 0 Å². The first-order chi connectivity index (χ1) is 9.69. The topological polar surface area (TPSA) is 70.1 Å². The van der Waals surface area contributed by atoms with Gasteiger partial charge in [0.2, 0.25) is 0 Å². The molecule has 0 aromatic carbocycles. The number of likely N-dealkylation sites (tertiary alicyclic amines) is 1. The van der Waals surface area contributed by atoms with Gasteiger partial charge in [0.25, 0.3) is 0 Å². The number of urea groups is 1. The summed E-state index contributed by atoms with van der Waals surface area (Å²) in [7, 11) is 1.33. The Kier molecular flexibility index (Phi) is 6.25. The van der Waals surface area contributed by atoms with E-state index in [1.165, 1.54) is 11.9 Å². The minimum Gasteiger partial charge on any atom is -0.480 e. The average molecular weight is 312 g/mol. The summed E-state index contributed by atoms with van der Waals surface area (Å²) in [5, 5.41) is 8.49. The van der Waals surface area contributed by atoms with E-state index in [4.69, 9.17) is 9.84 Å². The lowest BCUT2D eigenvalue weighted by Crippen LogP contribution is -2.47. The molecule has 1 saturated heterocycles. The largest absolute Gasteiger partial charge is 0.480 e. The SMILES string of the molecule is CN(CCC(F)(F)F)C(=O)N1CCC(OCC(=O)O)CC1. The molecule has 0 radical (unpaired) electrons. The van der Waals surface area contributed by atoms with Crippen LogP contribution >= 0.6 is 0 Å². The van der Waals surface area contributed by atoms with Gasteiger partial charge in [-0.1, -0.05) is 0 Å². The van der Waals surface area contributed by atoms with Crippen molar-refractivity contribution in [2.45, 2.75) is 31.5 Å². The molecule has 122 valence electrons. The molecule has 1 aliphatic heterocycles. The predicted molar refractivity (Wildman–Crippen MR) is 66.9 cm³/mol. The van der Waals surface area contributed by atoms with E-state index in [0.29, 0.717) is 25.9 Å². The van der Waals surface area contributed by atoms with Crippen LogP contribution in [0.2, 0.25) is 0 Å². The number of aliphatic carboxylic acids is 1. The Morgan fingerprint density at radius 3 is 2.38 bits per heavy atom. The number of carboxylic acid groups (broad SMARTS) is 1. The van der Waals surface area contributed by atoms with Crippen LogP contribution in [-0.4, -0.2) is 72.5 Å². The predicted octanol–water partition coefficient (Wildman–Crippen LogP) is 1.56. The summed E-state index contributed by atoms with van der Waals surface area (Å²) in [5.74, 6) is -1.06. The van der Waals surface area contributed by atoms with Gasteiger partial charge in [0, 0.05) is 26.7 Å². The minimum absolute atomic E-state index is 0.231. The molecule has 6 nitrogen and oxygen atoms in total. The van der Waals surface area contributed by atoms with E-state index in [1.807, 2.05) is 0 Å². The molecule has 0 bridgehead atoms. The van der Waals surface area contributed by atoms with E-state index in [-0.39, 0.29) is 19.3 Å². The molecule has 0 aliphatic carbocycles. The Morgan fingerprint density at radius 2 is 1.90 bits per heavy atom. The highest BCUT2D eigenvalue weighted by atomic mass is 19.4. The van der Waals surface area contributed by atoms with Crippen LogP contribution in [-0.2, 0) is 9.53 Å². The Balaban J connectivity index is 2.32. The van der Waals surface area contributed by atoms with Crippen molar-refractivity contribution in [1.29, 1.82) is 0 Å². The molecular formula is C12H19F3N2O4. The minimum atomic E-state index is -4.29. The van der Waals surface area contributed by atoms with Gasteiger partial charge in [-0.05, 0) is 12.8 Å². The van der Waals surface area contributed by atoms with Crippen molar-refractivity contribution in [3.63, 3.8) is 0 Å². The quantitative estimate of drug-likeness (QED) is 0.836. The summed E-state index contributed by atoms with van der Waals surface area (Å²) in [6.45, 7) is -0.0686. The van der Waals surface area contributed by atoms with E-state index < -0.39 is 24.6 Å². The molecule has 2 amide bonds. The number of ether oxygens (including phenoxy) is 1. The second kappa shape index (κ2) is 7.48. The lowest BCUT2D eigenvalue weighted by molar-refractivity contribution is -0.145. The van der Waals surface area contributed by atoms with Crippen LogP contribution in [0.25, 0.3) is 0 Å². The number of carbonyl (C=O) groups excluding carboxylic acids is 1. The second-order valence-corrected chi connectivity index (χ2v) is 4.96. The Bertz CT molecular complexity index is 368. The monoisotopic (exact) mass is 312 g/mol. The number of halogens is 3. The van der Waals surface area contributed by atoms with Gasteiger partial charge in [-0.25, -0.2) is 9.59 Å². The lowest BCUT2D eigenvalue weighted by atomic mass is 10.1. The van der Waals surface area contributed by atoms with E-state index >= 15 is 0 Å². The number of carbonyl (C=O) groups is 2. The van der Waals surface area contributed by atoms with E-state index in [2.05, 4.69) is 0 Å². The maximum Gasteiger partial charge on any atom is 0.390 e. The molecule has 1 fully saturated rings. The van der Waals surface area contributed by atoms with Gasteiger partial charge in [0.05, 0.1) is 12.5 Å². The lowest BCUT2D eigenvalue weighted by Gasteiger charge is -2.34. The van der Waals surface area contributed by atoms with Crippen LogP contribution in [0.4, 0.5) is 18.0 Å². The molecular weight excluding hydrogens is 293 g/mol. The van der Waals surface area contributed by atoms with Crippen molar-refractivity contribution >= 4 is 12.0 Å². The Morgan fingerprint density at radius 1 is 1.33 bits per heavy atom. The third kappa shape index (κ3) is 6.65. The highest BCUT2D eigenvalue weighted by molar-refractivity contribution is 5.74.